The zero-order chi connectivity index (χ0) is 14.5. The highest BCUT2D eigenvalue weighted by Crippen LogP contribution is 2.28. The minimum Gasteiger partial charge on any atom is -0.493 e. The predicted molar refractivity (Wildman–Crippen MR) is 77.5 cm³/mol. The van der Waals surface area contributed by atoms with Crippen molar-refractivity contribution < 1.29 is 14.3 Å². The molecule has 1 fully saturated rings. The third kappa shape index (κ3) is 3.04. The maximum Gasteiger partial charge on any atom is 0.254 e. The number of piperazine rings is 1. The Kier molecular flexibility index (Phi) is 4.84. The summed E-state index contributed by atoms with van der Waals surface area (Å²) in [4.78, 5) is 14.4. The van der Waals surface area contributed by atoms with E-state index in [1.807, 2.05) is 11.8 Å². The van der Waals surface area contributed by atoms with E-state index in [4.69, 9.17) is 9.47 Å². The molecule has 1 aromatic rings. The number of methoxy groups -OCH3 is 1. The molecule has 1 heterocycles. The summed E-state index contributed by atoms with van der Waals surface area (Å²) in [6, 6.07) is 5.54. The Hall–Kier alpha value is -1.75. The van der Waals surface area contributed by atoms with Crippen LogP contribution in [-0.2, 0) is 0 Å². The number of rotatable bonds is 4. The van der Waals surface area contributed by atoms with Crippen LogP contribution in [0.25, 0.3) is 0 Å². The number of benzene rings is 1. The number of hydrogen-bond donors (Lipinski definition) is 1. The maximum absolute atomic E-state index is 12.5. The average molecular weight is 278 g/mol. The molecule has 0 saturated carbocycles. The monoisotopic (exact) mass is 278 g/mol. The second-order valence-electron chi connectivity index (χ2n) is 4.85. The highest BCUT2D eigenvalue weighted by atomic mass is 16.5. The van der Waals surface area contributed by atoms with Gasteiger partial charge in [-0.15, -0.1) is 0 Å². The zero-order valence-corrected chi connectivity index (χ0v) is 12.3. The van der Waals surface area contributed by atoms with E-state index >= 15 is 0 Å². The highest BCUT2D eigenvalue weighted by Gasteiger charge is 2.24. The number of nitrogens with zero attached hydrogens (tertiary/aromatic N) is 1. The molecule has 0 aromatic heterocycles. The molecule has 20 heavy (non-hydrogen) atoms. The van der Waals surface area contributed by atoms with E-state index in [1.54, 1.807) is 25.3 Å². The SMILES string of the molecule is CCOc1ccc(C(=O)N2CCNC[C@@H]2C)cc1OC. The molecule has 0 bridgehead atoms. The van der Waals surface area contributed by atoms with E-state index in [1.165, 1.54) is 0 Å². The van der Waals surface area contributed by atoms with E-state index in [0.29, 0.717) is 23.7 Å². The number of carbonyl (C=O) groups is 1. The van der Waals surface area contributed by atoms with Gasteiger partial charge in [-0.1, -0.05) is 0 Å². The van der Waals surface area contributed by atoms with Gasteiger partial charge >= 0.3 is 0 Å². The van der Waals surface area contributed by atoms with E-state index in [9.17, 15) is 4.79 Å². The molecule has 1 aromatic carbocycles. The average Bonchev–Trinajstić information content (AvgIpc) is 2.48. The number of hydrogen-bond acceptors (Lipinski definition) is 4. The van der Waals surface area contributed by atoms with Crippen molar-refractivity contribution in [3.8, 4) is 11.5 Å². The molecule has 0 unspecified atom stereocenters. The van der Waals surface area contributed by atoms with Crippen molar-refractivity contribution in [3.63, 3.8) is 0 Å². The van der Waals surface area contributed by atoms with Crippen molar-refractivity contribution in [1.29, 1.82) is 0 Å². The van der Waals surface area contributed by atoms with E-state index in [0.717, 1.165) is 19.6 Å². The van der Waals surface area contributed by atoms with E-state index < -0.39 is 0 Å². The Balaban J connectivity index is 2.21. The van der Waals surface area contributed by atoms with Gasteiger partial charge in [0.1, 0.15) is 0 Å². The van der Waals surface area contributed by atoms with E-state index in [-0.39, 0.29) is 11.9 Å². The molecule has 0 aliphatic carbocycles. The van der Waals surface area contributed by atoms with Gasteiger partial charge in [0.25, 0.3) is 5.91 Å². The lowest BCUT2D eigenvalue weighted by atomic mass is 10.1. The van der Waals surface area contributed by atoms with Crippen LogP contribution in [0, 0.1) is 0 Å². The van der Waals surface area contributed by atoms with Gasteiger partial charge in [-0.25, -0.2) is 0 Å². The standard InChI is InChI=1S/C15H22N2O3/c1-4-20-13-6-5-12(9-14(13)19-3)15(18)17-8-7-16-10-11(17)2/h5-6,9,11,16H,4,7-8,10H2,1-3H3/t11-/m0/s1. The van der Waals surface area contributed by atoms with Crippen molar-refractivity contribution >= 4 is 5.91 Å². The minimum atomic E-state index is 0.0420. The predicted octanol–water partition coefficient (Wildman–Crippen LogP) is 1.53. The summed E-state index contributed by atoms with van der Waals surface area (Å²) in [5.41, 5.74) is 0.638. The summed E-state index contributed by atoms with van der Waals surface area (Å²) in [7, 11) is 1.58. The van der Waals surface area contributed by atoms with E-state index in [2.05, 4.69) is 12.2 Å². The fourth-order valence-corrected chi connectivity index (χ4v) is 2.38. The maximum atomic E-state index is 12.5. The Bertz CT molecular complexity index is 476. The summed E-state index contributed by atoms with van der Waals surface area (Å²) >= 11 is 0. The van der Waals surface area contributed by atoms with Crippen molar-refractivity contribution in [3.05, 3.63) is 23.8 Å². The molecule has 1 atom stereocenters. The molecule has 1 saturated heterocycles. The van der Waals surface area contributed by atoms with Crippen LogP contribution < -0.4 is 14.8 Å². The second kappa shape index (κ2) is 6.61. The van der Waals surface area contributed by atoms with Crippen molar-refractivity contribution in [2.45, 2.75) is 19.9 Å². The Morgan fingerprint density at radius 2 is 2.25 bits per heavy atom. The topological polar surface area (TPSA) is 50.8 Å². The first-order chi connectivity index (χ1) is 9.67. The fraction of sp³-hybridized carbons (Fsp3) is 0.533. The first-order valence-corrected chi connectivity index (χ1v) is 7.00. The molecule has 2 rings (SSSR count). The third-order valence-corrected chi connectivity index (χ3v) is 3.47. The first kappa shape index (κ1) is 14.7. The molecular weight excluding hydrogens is 256 g/mol. The summed E-state index contributed by atoms with van der Waals surface area (Å²) in [6.07, 6.45) is 0. The number of amides is 1. The first-order valence-electron chi connectivity index (χ1n) is 7.00. The Morgan fingerprint density at radius 3 is 2.90 bits per heavy atom. The molecule has 1 aliphatic heterocycles. The lowest BCUT2D eigenvalue weighted by Crippen LogP contribution is -2.52. The summed E-state index contributed by atoms with van der Waals surface area (Å²) in [5.74, 6) is 1.31. The van der Waals surface area contributed by atoms with Gasteiger partial charge in [0, 0.05) is 31.2 Å². The van der Waals surface area contributed by atoms with Gasteiger partial charge in [0.2, 0.25) is 0 Å². The summed E-state index contributed by atoms with van der Waals surface area (Å²) in [6.45, 7) is 6.94. The van der Waals surface area contributed by atoms with Crippen LogP contribution in [0.1, 0.15) is 24.2 Å². The van der Waals surface area contributed by atoms with Gasteiger partial charge in [-0.3, -0.25) is 4.79 Å². The van der Waals surface area contributed by atoms with Crippen molar-refractivity contribution in [2.75, 3.05) is 33.4 Å². The zero-order valence-electron chi connectivity index (χ0n) is 12.3. The second-order valence-corrected chi connectivity index (χ2v) is 4.85. The largest absolute Gasteiger partial charge is 0.493 e. The molecule has 1 amide bonds. The van der Waals surface area contributed by atoms with Crippen LogP contribution in [0.2, 0.25) is 0 Å². The van der Waals surface area contributed by atoms with Gasteiger partial charge in [0.05, 0.1) is 13.7 Å². The van der Waals surface area contributed by atoms with Crippen molar-refractivity contribution in [1.82, 2.24) is 10.2 Å². The fourth-order valence-electron chi connectivity index (χ4n) is 2.38. The van der Waals surface area contributed by atoms with Crippen LogP contribution in [0.5, 0.6) is 11.5 Å². The number of ether oxygens (including phenoxy) is 2. The third-order valence-electron chi connectivity index (χ3n) is 3.47. The van der Waals surface area contributed by atoms with Crippen LogP contribution in [0.3, 0.4) is 0 Å². The Labute approximate surface area is 119 Å². The molecule has 0 spiro atoms. The lowest BCUT2D eigenvalue weighted by molar-refractivity contribution is 0.0655. The molecule has 1 aliphatic rings. The number of carbonyl (C=O) groups excluding carboxylic acids is 1. The van der Waals surface area contributed by atoms with Gasteiger partial charge < -0.3 is 19.7 Å². The quantitative estimate of drug-likeness (QED) is 0.907. The minimum absolute atomic E-state index is 0.0420. The molecule has 5 heteroatoms. The lowest BCUT2D eigenvalue weighted by Gasteiger charge is -2.34. The molecule has 110 valence electrons. The van der Waals surface area contributed by atoms with Crippen LogP contribution in [-0.4, -0.2) is 50.2 Å². The van der Waals surface area contributed by atoms with Crippen LogP contribution in [0.4, 0.5) is 0 Å². The summed E-state index contributed by atoms with van der Waals surface area (Å²) < 4.78 is 10.8. The molecule has 5 nitrogen and oxygen atoms in total. The van der Waals surface area contributed by atoms with Crippen molar-refractivity contribution in [2.24, 2.45) is 0 Å². The molecule has 1 N–H and O–H groups in total. The molecule has 0 radical (unpaired) electrons. The highest BCUT2D eigenvalue weighted by molar-refractivity contribution is 5.95. The smallest absolute Gasteiger partial charge is 0.254 e. The van der Waals surface area contributed by atoms with Crippen LogP contribution in [0.15, 0.2) is 18.2 Å². The number of nitrogens with one attached hydrogen (secondary N) is 1. The normalized spacial score (nSPS) is 18.8. The van der Waals surface area contributed by atoms with Gasteiger partial charge in [0.15, 0.2) is 11.5 Å². The van der Waals surface area contributed by atoms with Crippen LogP contribution >= 0.6 is 0 Å². The van der Waals surface area contributed by atoms with Gasteiger partial charge in [-0.05, 0) is 32.0 Å². The van der Waals surface area contributed by atoms with Gasteiger partial charge in [-0.2, -0.15) is 0 Å². The Morgan fingerprint density at radius 1 is 1.45 bits per heavy atom. The molecular formula is C15H22N2O3. The summed E-state index contributed by atoms with van der Waals surface area (Å²) in [5, 5.41) is 3.28.